The number of furan rings is 1. The molecule has 0 bridgehead atoms. The Kier molecular flexibility index (Phi) is 4.27. The fraction of sp³-hybridized carbons (Fsp3) is 0.765. The van der Waals surface area contributed by atoms with Crippen molar-refractivity contribution in [3.05, 3.63) is 24.2 Å². The van der Waals surface area contributed by atoms with Crippen LogP contribution in [0.3, 0.4) is 0 Å². The van der Waals surface area contributed by atoms with Crippen molar-refractivity contribution in [1.82, 2.24) is 5.32 Å². The number of rotatable bonds is 4. The third kappa shape index (κ3) is 3.42. The Bertz CT molecular complexity index is 373. The van der Waals surface area contributed by atoms with Crippen LogP contribution in [0.5, 0.6) is 0 Å². The van der Waals surface area contributed by atoms with Crippen molar-refractivity contribution < 1.29 is 4.42 Å². The Morgan fingerprint density at radius 1 is 1.21 bits per heavy atom. The van der Waals surface area contributed by atoms with Crippen LogP contribution >= 0.6 is 0 Å². The fourth-order valence-corrected chi connectivity index (χ4v) is 4.22. The molecule has 0 amide bonds. The number of hydrogen-bond acceptors (Lipinski definition) is 2. The van der Waals surface area contributed by atoms with Gasteiger partial charge in [0, 0.05) is 18.5 Å². The van der Waals surface area contributed by atoms with Gasteiger partial charge in [0.05, 0.1) is 6.26 Å². The summed E-state index contributed by atoms with van der Waals surface area (Å²) in [6.07, 6.45) is 13.0. The van der Waals surface area contributed by atoms with Gasteiger partial charge in [0.15, 0.2) is 0 Å². The van der Waals surface area contributed by atoms with E-state index in [4.69, 9.17) is 4.42 Å². The monoisotopic (exact) mass is 261 g/mol. The Morgan fingerprint density at radius 3 is 2.84 bits per heavy atom. The van der Waals surface area contributed by atoms with Gasteiger partial charge < -0.3 is 9.73 Å². The van der Waals surface area contributed by atoms with E-state index in [0.717, 1.165) is 30.1 Å². The van der Waals surface area contributed by atoms with E-state index in [-0.39, 0.29) is 0 Å². The van der Waals surface area contributed by atoms with Gasteiger partial charge in [-0.15, -0.1) is 0 Å². The molecular weight excluding hydrogens is 234 g/mol. The van der Waals surface area contributed by atoms with Crippen LogP contribution in [0.2, 0.25) is 0 Å². The molecule has 2 heteroatoms. The van der Waals surface area contributed by atoms with E-state index in [1.807, 2.05) is 6.07 Å². The SMILES string of the molecule is CC(Cc1ccco1)NC1CCC2CCCCC2C1. The zero-order valence-electron chi connectivity index (χ0n) is 12.1. The van der Waals surface area contributed by atoms with Crippen LogP contribution in [0, 0.1) is 11.8 Å². The predicted molar refractivity (Wildman–Crippen MR) is 78.1 cm³/mol. The molecule has 1 aromatic rings. The number of hydrogen-bond donors (Lipinski definition) is 1. The average Bonchev–Trinajstić information content (AvgIpc) is 2.91. The maximum atomic E-state index is 5.44. The first-order valence-electron chi connectivity index (χ1n) is 8.09. The van der Waals surface area contributed by atoms with E-state index >= 15 is 0 Å². The van der Waals surface area contributed by atoms with Gasteiger partial charge in [-0.25, -0.2) is 0 Å². The molecular formula is C17H27NO. The second-order valence-corrected chi connectivity index (χ2v) is 6.67. The largest absolute Gasteiger partial charge is 0.469 e. The minimum Gasteiger partial charge on any atom is -0.469 e. The molecule has 2 aliphatic carbocycles. The first-order chi connectivity index (χ1) is 9.31. The first-order valence-corrected chi connectivity index (χ1v) is 8.09. The molecule has 0 saturated heterocycles. The predicted octanol–water partition coefficient (Wildman–Crippen LogP) is 4.16. The third-order valence-corrected chi connectivity index (χ3v) is 5.15. The lowest BCUT2D eigenvalue weighted by atomic mass is 9.69. The van der Waals surface area contributed by atoms with Gasteiger partial charge in [-0.3, -0.25) is 0 Å². The highest BCUT2D eigenvalue weighted by Crippen LogP contribution is 2.40. The van der Waals surface area contributed by atoms with Gasteiger partial charge in [0.25, 0.3) is 0 Å². The summed E-state index contributed by atoms with van der Waals surface area (Å²) in [5.74, 6) is 3.16. The van der Waals surface area contributed by atoms with Crippen LogP contribution in [-0.4, -0.2) is 12.1 Å². The maximum absolute atomic E-state index is 5.44. The van der Waals surface area contributed by atoms with Crippen LogP contribution in [0.1, 0.15) is 57.6 Å². The summed E-state index contributed by atoms with van der Waals surface area (Å²) < 4.78 is 5.44. The van der Waals surface area contributed by atoms with Gasteiger partial charge in [0.2, 0.25) is 0 Å². The summed E-state index contributed by atoms with van der Waals surface area (Å²) in [7, 11) is 0. The third-order valence-electron chi connectivity index (χ3n) is 5.15. The molecule has 2 saturated carbocycles. The van der Waals surface area contributed by atoms with Crippen molar-refractivity contribution in [2.24, 2.45) is 11.8 Å². The fourth-order valence-electron chi connectivity index (χ4n) is 4.22. The molecule has 0 aliphatic heterocycles. The minimum absolute atomic E-state index is 0.524. The summed E-state index contributed by atoms with van der Waals surface area (Å²) in [5.41, 5.74) is 0. The average molecular weight is 261 g/mol. The van der Waals surface area contributed by atoms with E-state index in [9.17, 15) is 0 Å². The van der Waals surface area contributed by atoms with Crippen molar-refractivity contribution >= 4 is 0 Å². The lowest BCUT2D eigenvalue weighted by Gasteiger charge is -2.40. The number of fused-ring (bicyclic) bond motifs is 1. The van der Waals surface area contributed by atoms with Crippen molar-refractivity contribution in [3.63, 3.8) is 0 Å². The van der Waals surface area contributed by atoms with E-state index in [2.05, 4.69) is 18.3 Å². The van der Waals surface area contributed by atoms with Crippen LogP contribution in [0.25, 0.3) is 0 Å². The molecule has 2 nitrogen and oxygen atoms in total. The molecule has 1 heterocycles. The quantitative estimate of drug-likeness (QED) is 0.880. The van der Waals surface area contributed by atoms with Gasteiger partial charge in [-0.2, -0.15) is 0 Å². The molecule has 0 radical (unpaired) electrons. The lowest BCUT2D eigenvalue weighted by Crippen LogP contribution is -2.43. The van der Waals surface area contributed by atoms with E-state index in [0.29, 0.717) is 6.04 Å². The molecule has 1 aromatic heterocycles. The molecule has 106 valence electrons. The molecule has 2 aliphatic rings. The summed E-state index contributed by atoms with van der Waals surface area (Å²) in [6, 6.07) is 5.33. The van der Waals surface area contributed by atoms with Crippen LogP contribution in [0.4, 0.5) is 0 Å². The van der Waals surface area contributed by atoms with E-state index in [1.54, 1.807) is 6.26 Å². The topological polar surface area (TPSA) is 25.2 Å². The van der Waals surface area contributed by atoms with Crippen LogP contribution in [-0.2, 0) is 6.42 Å². The van der Waals surface area contributed by atoms with Crippen molar-refractivity contribution in [2.45, 2.75) is 70.4 Å². The molecule has 0 spiro atoms. The Hall–Kier alpha value is -0.760. The Labute approximate surface area is 117 Å². The van der Waals surface area contributed by atoms with Crippen LogP contribution < -0.4 is 5.32 Å². The molecule has 4 atom stereocenters. The lowest BCUT2D eigenvalue weighted by molar-refractivity contribution is 0.139. The molecule has 4 unspecified atom stereocenters. The summed E-state index contributed by atoms with van der Waals surface area (Å²) in [6.45, 7) is 2.29. The molecule has 3 rings (SSSR count). The summed E-state index contributed by atoms with van der Waals surface area (Å²) >= 11 is 0. The van der Waals surface area contributed by atoms with Gasteiger partial charge in [-0.05, 0) is 50.2 Å². The van der Waals surface area contributed by atoms with Gasteiger partial charge >= 0.3 is 0 Å². The highest BCUT2D eigenvalue weighted by atomic mass is 16.3. The van der Waals surface area contributed by atoms with Gasteiger partial charge in [0.1, 0.15) is 5.76 Å². The summed E-state index contributed by atoms with van der Waals surface area (Å²) in [5, 5.41) is 3.83. The first kappa shape index (κ1) is 13.2. The molecule has 0 aromatic carbocycles. The van der Waals surface area contributed by atoms with Crippen LogP contribution in [0.15, 0.2) is 22.8 Å². The van der Waals surface area contributed by atoms with Crippen molar-refractivity contribution in [1.29, 1.82) is 0 Å². The minimum atomic E-state index is 0.524. The molecule has 1 N–H and O–H groups in total. The van der Waals surface area contributed by atoms with Crippen molar-refractivity contribution in [2.75, 3.05) is 0 Å². The number of nitrogens with one attached hydrogen (secondary N) is 1. The highest BCUT2D eigenvalue weighted by Gasteiger charge is 2.32. The smallest absolute Gasteiger partial charge is 0.105 e. The normalized spacial score (nSPS) is 32.8. The van der Waals surface area contributed by atoms with Crippen molar-refractivity contribution in [3.8, 4) is 0 Å². The zero-order valence-corrected chi connectivity index (χ0v) is 12.1. The zero-order chi connectivity index (χ0) is 13.1. The molecule has 2 fully saturated rings. The van der Waals surface area contributed by atoms with E-state index < -0.39 is 0 Å². The highest BCUT2D eigenvalue weighted by molar-refractivity contribution is 5.00. The summed E-state index contributed by atoms with van der Waals surface area (Å²) in [4.78, 5) is 0. The standard InChI is InChI=1S/C17H27NO/c1-13(11-17-7-4-10-19-17)18-16-9-8-14-5-2-3-6-15(14)12-16/h4,7,10,13-16,18H,2-3,5-6,8-9,11-12H2,1H3. The molecule has 19 heavy (non-hydrogen) atoms. The Morgan fingerprint density at radius 2 is 2.05 bits per heavy atom. The second kappa shape index (κ2) is 6.13. The Balaban J connectivity index is 1.47. The van der Waals surface area contributed by atoms with E-state index in [1.165, 1.54) is 44.9 Å². The van der Waals surface area contributed by atoms with Gasteiger partial charge in [-0.1, -0.05) is 25.7 Å². The maximum Gasteiger partial charge on any atom is 0.105 e. The second-order valence-electron chi connectivity index (χ2n) is 6.67.